The van der Waals surface area contributed by atoms with E-state index in [1.54, 1.807) is 7.05 Å². The summed E-state index contributed by atoms with van der Waals surface area (Å²) in [6.07, 6.45) is 0. The summed E-state index contributed by atoms with van der Waals surface area (Å²) in [5.41, 5.74) is 1.07. The highest BCUT2D eigenvalue weighted by Gasteiger charge is 2.20. The Labute approximate surface area is 83.1 Å². The molecule has 0 fully saturated rings. The van der Waals surface area contributed by atoms with Crippen LogP contribution in [0.5, 0.6) is 0 Å². The largest absolute Gasteiger partial charge is 0.427 e. The Kier molecular flexibility index (Phi) is 2.46. The van der Waals surface area contributed by atoms with Crippen molar-refractivity contribution >= 4 is 14.0 Å². The van der Waals surface area contributed by atoms with Gasteiger partial charge in [0, 0.05) is 19.7 Å². The molecular weight excluding hydrogens is 199 g/mol. The van der Waals surface area contributed by atoms with Crippen molar-refractivity contribution in [3.05, 3.63) is 35.9 Å². The fourth-order valence-electron chi connectivity index (χ4n) is 1.24. The molecule has 1 heterocycles. The van der Waals surface area contributed by atoms with Gasteiger partial charge in [0.05, 0.1) is 0 Å². The average Bonchev–Trinajstić information content (AvgIpc) is 3.03. The first-order valence-corrected chi connectivity index (χ1v) is 5.36. The Morgan fingerprint density at radius 3 is 2.43 bits per heavy atom. The van der Waals surface area contributed by atoms with Crippen molar-refractivity contribution in [2.75, 3.05) is 18.8 Å². The van der Waals surface area contributed by atoms with Gasteiger partial charge in [0.2, 0.25) is 0 Å². The highest BCUT2D eigenvalue weighted by Crippen LogP contribution is 2.37. The van der Waals surface area contributed by atoms with Crippen molar-refractivity contribution in [1.29, 1.82) is 0 Å². The molecule has 4 nitrogen and oxygen atoms in total. The van der Waals surface area contributed by atoms with E-state index in [1.807, 2.05) is 42.0 Å². The molecule has 2 rings (SSSR count). The average molecular weight is 210 g/mol. The first kappa shape index (κ1) is 9.16. The van der Waals surface area contributed by atoms with E-state index in [-0.39, 0.29) is 0 Å². The van der Waals surface area contributed by atoms with E-state index in [4.69, 9.17) is 8.71 Å². The second kappa shape index (κ2) is 3.76. The monoisotopic (exact) mass is 210 g/mol. The number of nitrogens with zero attached hydrogens (tertiary/aromatic N) is 2. The summed E-state index contributed by atoms with van der Waals surface area (Å²) in [4.78, 5) is 4.22. The summed E-state index contributed by atoms with van der Waals surface area (Å²) in [5.74, 6) is 0.884. The topological polar surface area (TPSA) is 41.9 Å². The summed E-state index contributed by atoms with van der Waals surface area (Å²) >= 11 is 0. The quantitative estimate of drug-likeness (QED) is 0.434. The number of hydrogen-bond acceptors (Lipinski definition) is 3. The fraction of sp³-hybridized carbons (Fsp3) is 0.222. The second-order valence-electron chi connectivity index (χ2n) is 2.82. The summed E-state index contributed by atoms with van der Waals surface area (Å²) < 4.78 is 11.5. The number of rotatable bonds is 2. The van der Waals surface area contributed by atoms with Crippen molar-refractivity contribution in [1.82, 2.24) is 0 Å². The third kappa shape index (κ3) is 1.75. The zero-order chi connectivity index (χ0) is 9.97. The molecular formula is C9H11N2O2P. The van der Waals surface area contributed by atoms with E-state index in [1.165, 1.54) is 0 Å². The van der Waals surface area contributed by atoms with Crippen LogP contribution in [0.4, 0.5) is 0 Å². The second-order valence-corrected chi connectivity index (χ2v) is 4.20. The molecule has 0 aliphatic rings. The lowest BCUT2D eigenvalue weighted by atomic mass is 10.2. The molecule has 5 heteroatoms. The van der Waals surface area contributed by atoms with Gasteiger partial charge >= 0.3 is 8.16 Å². The predicted molar refractivity (Wildman–Crippen MR) is 56.7 cm³/mol. The van der Waals surface area contributed by atoms with Crippen molar-refractivity contribution in [3.63, 3.8) is 0 Å². The van der Waals surface area contributed by atoms with Crippen molar-refractivity contribution in [2.24, 2.45) is 4.99 Å². The summed E-state index contributed by atoms with van der Waals surface area (Å²) in [7, 11) is 2.79. The third-order valence-electron chi connectivity index (χ3n) is 1.94. The van der Waals surface area contributed by atoms with Gasteiger partial charge in [0.15, 0.2) is 0 Å². The lowest BCUT2D eigenvalue weighted by Crippen LogP contribution is -2.22. The Morgan fingerprint density at radius 2 is 1.93 bits per heavy atom. The molecule has 0 N–H and O–H groups in total. The standard InChI is InChI=1S/C9H11N2O2P/c1-10-9(11(2)14-12-13-14)8-6-4-3-5-7-8/h3-7H,1-2H3. The Morgan fingerprint density at radius 1 is 1.29 bits per heavy atom. The van der Waals surface area contributed by atoms with Crippen LogP contribution in [0.25, 0.3) is 0 Å². The number of benzene rings is 1. The van der Waals surface area contributed by atoms with E-state index in [2.05, 4.69) is 4.99 Å². The van der Waals surface area contributed by atoms with Crippen molar-refractivity contribution in [3.8, 4) is 0 Å². The first-order valence-electron chi connectivity index (χ1n) is 4.23. The third-order valence-corrected chi connectivity index (χ3v) is 2.90. The zero-order valence-corrected chi connectivity index (χ0v) is 8.94. The van der Waals surface area contributed by atoms with Crippen LogP contribution in [0, 0.1) is 0 Å². The smallest absolute Gasteiger partial charge is 0.271 e. The molecule has 0 aliphatic heterocycles. The van der Waals surface area contributed by atoms with E-state index in [9.17, 15) is 0 Å². The van der Waals surface area contributed by atoms with Crippen LogP contribution in [-0.4, -0.2) is 19.9 Å². The molecule has 0 unspecified atom stereocenters. The highest BCUT2D eigenvalue weighted by atomic mass is 31.1. The van der Waals surface area contributed by atoms with Gasteiger partial charge in [-0.3, -0.25) is 9.66 Å². The minimum absolute atomic E-state index is 0.878. The van der Waals surface area contributed by atoms with Crippen molar-refractivity contribution < 1.29 is 8.71 Å². The molecule has 0 bridgehead atoms. The van der Waals surface area contributed by atoms with Crippen LogP contribution in [0.15, 0.2) is 44.0 Å². The van der Waals surface area contributed by atoms with Crippen LogP contribution < -0.4 is 4.67 Å². The van der Waals surface area contributed by atoms with Gasteiger partial charge in [0.1, 0.15) is 5.84 Å². The Hall–Kier alpha value is -1.41. The maximum Gasteiger partial charge on any atom is 0.427 e. The van der Waals surface area contributed by atoms with E-state index in [0.717, 1.165) is 11.4 Å². The molecule has 0 radical (unpaired) electrons. The van der Waals surface area contributed by atoms with Gasteiger partial charge in [-0.25, -0.2) is 8.71 Å². The molecule has 0 saturated heterocycles. The van der Waals surface area contributed by atoms with Crippen LogP contribution in [0.1, 0.15) is 5.56 Å². The molecule has 2 aromatic rings. The van der Waals surface area contributed by atoms with Crippen LogP contribution in [0.3, 0.4) is 0 Å². The molecule has 1 aromatic carbocycles. The number of hydrogen-bond donors (Lipinski definition) is 0. The number of amidine groups is 1. The number of aliphatic imine (C=N–C) groups is 1. The summed E-state index contributed by atoms with van der Waals surface area (Å²) in [6.45, 7) is 0. The normalized spacial score (nSPS) is 12.0. The first-order chi connectivity index (χ1) is 6.83. The maximum atomic E-state index is 4.78. The molecule has 0 aliphatic carbocycles. The van der Waals surface area contributed by atoms with Gasteiger partial charge < -0.3 is 0 Å². The zero-order valence-electron chi connectivity index (χ0n) is 8.04. The minimum atomic E-state index is -0.878. The maximum absolute atomic E-state index is 4.78. The SMILES string of the molecule is CN=C(c1ccccc1)N(C)p1oo1. The lowest BCUT2D eigenvalue weighted by molar-refractivity contribution is 0.264. The van der Waals surface area contributed by atoms with E-state index < -0.39 is 8.16 Å². The Bertz CT molecular complexity index is 404. The summed E-state index contributed by atoms with van der Waals surface area (Å²) in [5, 5.41) is 0. The minimum Gasteiger partial charge on any atom is -0.271 e. The lowest BCUT2D eigenvalue weighted by Gasteiger charge is -2.11. The van der Waals surface area contributed by atoms with Gasteiger partial charge in [0.25, 0.3) is 0 Å². The molecule has 0 saturated carbocycles. The van der Waals surface area contributed by atoms with E-state index in [0.29, 0.717) is 0 Å². The molecule has 14 heavy (non-hydrogen) atoms. The van der Waals surface area contributed by atoms with Gasteiger partial charge in [-0.2, -0.15) is 0 Å². The van der Waals surface area contributed by atoms with Gasteiger partial charge in [-0.05, 0) is 0 Å². The van der Waals surface area contributed by atoms with Gasteiger partial charge in [-0.15, -0.1) is 0 Å². The molecule has 0 atom stereocenters. The van der Waals surface area contributed by atoms with E-state index >= 15 is 0 Å². The molecule has 1 aromatic heterocycles. The van der Waals surface area contributed by atoms with Gasteiger partial charge in [-0.1, -0.05) is 30.3 Å². The van der Waals surface area contributed by atoms with Crippen molar-refractivity contribution in [2.45, 2.75) is 0 Å². The van der Waals surface area contributed by atoms with Crippen LogP contribution in [-0.2, 0) is 0 Å². The van der Waals surface area contributed by atoms with Crippen LogP contribution in [0.2, 0.25) is 0 Å². The molecule has 74 valence electrons. The van der Waals surface area contributed by atoms with Crippen LogP contribution >= 0.6 is 8.16 Å². The summed E-state index contributed by atoms with van der Waals surface area (Å²) in [6, 6.07) is 9.97. The predicted octanol–water partition coefficient (Wildman–Crippen LogP) is 2.50. The Balaban J connectivity index is 2.28. The molecule has 0 amide bonds. The fourth-order valence-corrected chi connectivity index (χ4v) is 1.92. The highest BCUT2D eigenvalue weighted by molar-refractivity contribution is 7.42. The molecule has 0 spiro atoms.